The van der Waals surface area contributed by atoms with Gasteiger partial charge >= 0.3 is 0 Å². The lowest BCUT2D eigenvalue weighted by molar-refractivity contribution is 1.21. The van der Waals surface area contributed by atoms with Crippen molar-refractivity contribution in [3.8, 4) is 0 Å². The van der Waals surface area contributed by atoms with Crippen molar-refractivity contribution < 1.29 is 0 Å². The minimum atomic E-state index is 0.932. The van der Waals surface area contributed by atoms with Gasteiger partial charge in [-0.25, -0.2) is 4.99 Å². The van der Waals surface area contributed by atoms with Gasteiger partial charge in [0.1, 0.15) is 0 Å². The van der Waals surface area contributed by atoms with E-state index in [4.69, 9.17) is 0 Å². The van der Waals surface area contributed by atoms with E-state index in [1.807, 2.05) is 31.3 Å². The molecular weight excluding hydrogens is 204 g/mol. The number of nitrogens with one attached hydrogen (secondary N) is 1. The molecule has 0 aliphatic heterocycles. The van der Waals surface area contributed by atoms with Crippen LogP contribution in [0.2, 0.25) is 0 Å². The maximum atomic E-state index is 4.14. The predicted molar refractivity (Wildman–Crippen MR) is 51.4 cm³/mol. The summed E-state index contributed by atoms with van der Waals surface area (Å²) in [5, 5.41) is 2.83. The van der Waals surface area contributed by atoms with Crippen LogP contribution in [0.15, 0.2) is 33.7 Å². The van der Waals surface area contributed by atoms with Crippen LogP contribution in [0.3, 0.4) is 0 Å². The summed E-state index contributed by atoms with van der Waals surface area (Å²) in [6, 6.07) is 7.82. The van der Waals surface area contributed by atoms with E-state index < -0.39 is 0 Å². The fourth-order valence-corrected chi connectivity index (χ4v) is 1.08. The third-order valence-corrected chi connectivity index (χ3v) is 1.86. The Labute approximate surface area is 74.5 Å². The summed E-state index contributed by atoms with van der Waals surface area (Å²) in [6.45, 7) is 0. The third-order valence-electron chi connectivity index (χ3n) is 1.19. The van der Waals surface area contributed by atoms with E-state index in [2.05, 4.69) is 26.2 Å². The maximum absolute atomic E-state index is 4.14. The van der Waals surface area contributed by atoms with Crippen molar-refractivity contribution in [1.29, 1.82) is 0 Å². The first-order valence-electron chi connectivity index (χ1n) is 3.29. The first-order valence-corrected chi connectivity index (χ1v) is 4.08. The fraction of sp³-hybridized carbons (Fsp3) is 0.125. The number of rotatable bonds is 2. The van der Waals surface area contributed by atoms with E-state index in [-0.39, 0.29) is 0 Å². The first-order chi connectivity index (χ1) is 5.34. The Kier molecular flexibility index (Phi) is 3.11. The summed E-state index contributed by atoms with van der Waals surface area (Å²) >= 11 is 3.38. The Morgan fingerprint density at radius 1 is 1.45 bits per heavy atom. The van der Waals surface area contributed by atoms with Gasteiger partial charge in [-0.05, 0) is 28.1 Å². The van der Waals surface area contributed by atoms with E-state index >= 15 is 0 Å². The second-order valence-electron chi connectivity index (χ2n) is 2.00. The summed E-state index contributed by atoms with van der Waals surface area (Å²) in [5.74, 6) is 0. The maximum Gasteiger partial charge on any atom is 0.0884 e. The molecule has 0 fully saturated rings. The Morgan fingerprint density at radius 3 is 2.82 bits per heavy atom. The molecule has 1 N–H and O–H groups in total. The lowest BCUT2D eigenvalue weighted by Gasteiger charge is -1.95. The SMILES string of the molecule is CNC=Nc1ccccc1Br. The van der Waals surface area contributed by atoms with Gasteiger partial charge in [-0.1, -0.05) is 12.1 Å². The van der Waals surface area contributed by atoms with Crippen molar-refractivity contribution in [2.75, 3.05) is 7.05 Å². The van der Waals surface area contributed by atoms with Crippen LogP contribution in [0.25, 0.3) is 0 Å². The monoisotopic (exact) mass is 212 g/mol. The predicted octanol–water partition coefficient (Wildman–Crippen LogP) is 2.33. The summed E-state index contributed by atoms with van der Waals surface area (Å²) in [6.07, 6.45) is 1.65. The summed E-state index contributed by atoms with van der Waals surface area (Å²) in [5.41, 5.74) is 0.932. The van der Waals surface area contributed by atoms with Gasteiger partial charge in [0.25, 0.3) is 0 Å². The van der Waals surface area contributed by atoms with E-state index in [1.165, 1.54) is 0 Å². The van der Waals surface area contributed by atoms with Crippen LogP contribution < -0.4 is 5.32 Å². The van der Waals surface area contributed by atoms with Crippen LogP contribution in [-0.4, -0.2) is 13.4 Å². The molecule has 2 nitrogen and oxygen atoms in total. The number of hydrogen-bond donors (Lipinski definition) is 1. The molecular formula is C8H9BrN2. The molecule has 1 rings (SSSR count). The highest BCUT2D eigenvalue weighted by Gasteiger charge is 1.91. The number of nitrogens with zero attached hydrogens (tertiary/aromatic N) is 1. The molecule has 11 heavy (non-hydrogen) atoms. The van der Waals surface area contributed by atoms with Crippen LogP contribution in [0, 0.1) is 0 Å². The molecule has 0 saturated carbocycles. The molecule has 0 aliphatic rings. The highest BCUT2D eigenvalue weighted by molar-refractivity contribution is 9.10. The van der Waals surface area contributed by atoms with Crippen LogP contribution >= 0.6 is 15.9 Å². The number of benzene rings is 1. The average Bonchev–Trinajstić information content (AvgIpc) is 2.03. The van der Waals surface area contributed by atoms with Gasteiger partial charge in [-0.2, -0.15) is 0 Å². The highest BCUT2D eigenvalue weighted by atomic mass is 79.9. The minimum Gasteiger partial charge on any atom is -0.379 e. The lowest BCUT2D eigenvalue weighted by atomic mass is 10.3. The number of aliphatic imine (C=N–C) groups is 1. The topological polar surface area (TPSA) is 24.4 Å². The van der Waals surface area contributed by atoms with Gasteiger partial charge in [0.05, 0.1) is 12.0 Å². The molecule has 0 aliphatic carbocycles. The molecule has 0 radical (unpaired) electrons. The lowest BCUT2D eigenvalue weighted by Crippen LogP contribution is -1.99. The molecule has 0 spiro atoms. The molecule has 0 unspecified atom stereocenters. The van der Waals surface area contributed by atoms with Crippen LogP contribution in [0.1, 0.15) is 0 Å². The van der Waals surface area contributed by atoms with Gasteiger partial charge in [-0.3, -0.25) is 0 Å². The van der Waals surface area contributed by atoms with Gasteiger partial charge in [-0.15, -0.1) is 0 Å². The normalized spacial score (nSPS) is 10.4. The second-order valence-corrected chi connectivity index (χ2v) is 2.85. The third kappa shape index (κ3) is 2.35. The second kappa shape index (κ2) is 4.13. The Bertz CT molecular complexity index is 258. The van der Waals surface area contributed by atoms with Gasteiger partial charge in [0.2, 0.25) is 0 Å². The minimum absolute atomic E-state index is 0.932. The number of halogens is 1. The molecule has 1 aromatic rings. The molecule has 0 aromatic heterocycles. The van der Waals surface area contributed by atoms with Gasteiger partial charge < -0.3 is 5.32 Å². The smallest absolute Gasteiger partial charge is 0.0884 e. The van der Waals surface area contributed by atoms with Crippen LogP contribution in [-0.2, 0) is 0 Å². The summed E-state index contributed by atoms with van der Waals surface area (Å²) < 4.78 is 1.01. The van der Waals surface area contributed by atoms with E-state index in [1.54, 1.807) is 6.34 Å². The standard InChI is InChI=1S/C8H9BrN2/c1-10-6-11-8-5-3-2-4-7(8)9/h2-6H,1H3,(H,10,11). The molecule has 0 amide bonds. The molecule has 0 bridgehead atoms. The highest BCUT2D eigenvalue weighted by Crippen LogP contribution is 2.23. The zero-order valence-corrected chi connectivity index (χ0v) is 7.80. The zero-order valence-electron chi connectivity index (χ0n) is 6.21. The van der Waals surface area contributed by atoms with Crippen molar-refractivity contribution in [2.24, 2.45) is 4.99 Å². The van der Waals surface area contributed by atoms with Crippen molar-refractivity contribution in [1.82, 2.24) is 5.32 Å². The molecule has 0 atom stereocenters. The fourth-order valence-electron chi connectivity index (χ4n) is 0.691. The van der Waals surface area contributed by atoms with E-state index in [9.17, 15) is 0 Å². The quantitative estimate of drug-likeness (QED) is 0.591. The Balaban J connectivity index is 2.86. The van der Waals surface area contributed by atoms with Gasteiger partial charge in [0.15, 0.2) is 0 Å². The molecule has 0 saturated heterocycles. The zero-order chi connectivity index (χ0) is 8.10. The van der Waals surface area contributed by atoms with E-state index in [0.717, 1.165) is 10.2 Å². The number of hydrogen-bond acceptors (Lipinski definition) is 1. The van der Waals surface area contributed by atoms with Crippen molar-refractivity contribution >= 4 is 28.0 Å². The largest absolute Gasteiger partial charge is 0.379 e. The van der Waals surface area contributed by atoms with Crippen LogP contribution in [0.4, 0.5) is 5.69 Å². The van der Waals surface area contributed by atoms with Crippen molar-refractivity contribution in [3.05, 3.63) is 28.7 Å². The van der Waals surface area contributed by atoms with Crippen molar-refractivity contribution in [2.45, 2.75) is 0 Å². The molecule has 3 heteroatoms. The number of para-hydroxylation sites is 1. The average molecular weight is 213 g/mol. The van der Waals surface area contributed by atoms with Gasteiger partial charge in [0, 0.05) is 11.5 Å². The molecule has 1 aromatic carbocycles. The van der Waals surface area contributed by atoms with E-state index in [0.29, 0.717) is 0 Å². The van der Waals surface area contributed by atoms with Crippen LogP contribution in [0.5, 0.6) is 0 Å². The Morgan fingerprint density at radius 2 is 2.18 bits per heavy atom. The molecule has 0 heterocycles. The molecule has 58 valence electrons. The summed E-state index contributed by atoms with van der Waals surface area (Å²) in [4.78, 5) is 4.14. The summed E-state index contributed by atoms with van der Waals surface area (Å²) in [7, 11) is 1.82. The first kappa shape index (κ1) is 8.27. The Hall–Kier alpha value is -0.830. The van der Waals surface area contributed by atoms with Crippen molar-refractivity contribution in [3.63, 3.8) is 0 Å².